The maximum atomic E-state index is 12.9. The average Bonchev–Trinajstić information content (AvgIpc) is 2.72. The summed E-state index contributed by atoms with van der Waals surface area (Å²) in [7, 11) is -3.87. The molecule has 1 aromatic heterocycles. The van der Waals surface area contributed by atoms with Crippen molar-refractivity contribution in [3.8, 4) is 5.75 Å². The number of benzene rings is 2. The summed E-state index contributed by atoms with van der Waals surface area (Å²) in [4.78, 5) is 10.3. The van der Waals surface area contributed by atoms with Gasteiger partial charge >= 0.3 is 6.36 Å². The third-order valence-corrected chi connectivity index (χ3v) is 6.87. The van der Waals surface area contributed by atoms with Crippen molar-refractivity contribution in [1.82, 2.24) is 14.3 Å². The van der Waals surface area contributed by atoms with Crippen LogP contribution in [0.1, 0.15) is 0 Å². The Kier molecular flexibility index (Phi) is 5.67. The first-order valence-electron chi connectivity index (χ1n) is 9.17. The minimum absolute atomic E-state index is 0.102. The van der Waals surface area contributed by atoms with Crippen molar-refractivity contribution in [2.75, 3.05) is 31.1 Å². The number of nitrogens with zero attached hydrogens (tertiary/aromatic N) is 4. The molecule has 0 bridgehead atoms. The van der Waals surface area contributed by atoms with Crippen LogP contribution in [-0.4, -0.2) is 55.2 Å². The topological polar surface area (TPSA) is 75.6 Å². The number of anilines is 1. The van der Waals surface area contributed by atoms with E-state index >= 15 is 0 Å². The van der Waals surface area contributed by atoms with Crippen LogP contribution in [0.15, 0.2) is 53.4 Å². The normalized spacial score (nSPS) is 15.9. The molecule has 1 aliphatic rings. The summed E-state index contributed by atoms with van der Waals surface area (Å²) in [5, 5.41) is 0.911. The van der Waals surface area contributed by atoms with Gasteiger partial charge in [-0.2, -0.15) is 9.29 Å². The number of rotatable bonds is 4. The molecule has 2 heterocycles. The van der Waals surface area contributed by atoms with Gasteiger partial charge in [0.25, 0.3) is 0 Å². The molecule has 1 fully saturated rings. The first-order valence-corrected chi connectivity index (χ1v) is 11.0. The Hall–Kier alpha value is -2.63. The standard InChI is InChI=1S/C19H16ClF3N4O3S/c20-18-24-16-4-2-1-3-15(16)17(25-18)26-9-11-27(12-10-26)31(28,29)14-7-5-13(6-8-14)30-19(21,22)23/h1-8H,9-12H2. The summed E-state index contributed by atoms with van der Waals surface area (Å²) in [5.74, 6) is 0.144. The fraction of sp³-hybridized carbons (Fsp3) is 0.263. The number of fused-ring (bicyclic) bond motifs is 1. The van der Waals surface area contributed by atoms with Crippen molar-refractivity contribution in [2.24, 2.45) is 0 Å². The molecule has 2 aromatic carbocycles. The maximum Gasteiger partial charge on any atom is 0.573 e. The van der Waals surface area contributed by atoms with Crippen LogP contribution in [0.2, 0.25) is 5.28 Å². The molecule has 1 aliphatic heterocycles. The number of aromatic nitrogens is 2. The van der Waals surface area contributed by atoms with Gasteiger partial charge in [-0.05, 0) is 48.0 Å². The smallest absolute Gasteiger partial charge is 0.406 e. The highest BCUT2D eigenvalue weighted by atomic mass is 35.5. The molecule has 7 nitrogen and oxygen atoms in total. The predicted molar refractivity (Wildman–Crippen MR) is 109 cm³/mol. The van der Waals surface area contributed by atoms with Gasteiger partial charge in [0.2, 0.25) is 15.3 Å². The quantitative estimate of drug-likeness (QED) is 0.539. The van der Waals surface area contributed by atoms with Crippen LogP contribution >= 0.6 is 11.6 Å². The number of halogens is 4. The van der Waals surface area contributed by atoms with Crippen molar-refractivity contribution in [2.45, 2.75) is 11.3 Å². The number of ether oxygens (including phenoxy) is 1. The Labute approximate surface area is 181 Å². The van der Waals surface area contributed by atoms with Gasteiger partial charge in [0.1, 0.15) is 11.6 Å². The molecular formula is C19H16ClF3N4O3S. The summed E-state index contributed by atoms with van der Waals surface area (Å²) in [6.07, 6.45) is -4.84. The molecule has 0 spiro atoms. The molecule has 0 aliphatic carbocycles. The number of hydrogen-bond acceptors (Lipinski definition) is 6. The fourth-order valence-corrected chi connectivity index (χ4v) is 4.97. The van der Waals surface area contributed by atoms with E-state index in [2.05, 4.69) is 14.7 Å². The van der Waals surface area contributed by atoms with E-state index in [0.29, 0.717) is 24.4 Å². The number of hydrogen-bond donors (Lipinski definition) is 0. The van der Waals surface area contributed by atoms with Crippen LogP contribution in [0, 0.1) is 0 Å². The second kappa shape index (κ2) is 8.13. The molecule has 0 amide bonds. The van der Waals surface area contributed by atoms with E-state index in [9.17, 15) is 21.6 Å². The van der Waals surface area contributed by atoms with Crippen molar-refractivity contribution in [1.29, 1.82) is 0 Å². The lowest BCUT2D eigenvalue weighted by Gasteiger charge is -2.35. The highest BCUT2D eigenvalue weighted by Crippen LogP contribution is 2.28. The van der Waals surface area contributed by atoms with Gasteiger partial charge in [-0.25, -0.2) is 13.4 Å². The average molecular weight is 473 g/mol. The van der Waals surface area contributed by atoms with Gasteiger partial charge in [-0.15, -0.1) is 13.2 Å². The van der Waals surface area contributed by atoms with E-state index in [4.69, 9.17) is 11.6 Å². The number of para-hydroxylation sites is 1. The molecule has 0 saturated carbocycles. The first-order chi connectivity index (χ1) is 14.6. The van der Waals surface area contributed by atoms with Crippen LogP contribution in [-0.2, 0) is 10.0 Å². The van der Waals surface area contributed by atoms with Gasteiger partial charge in [0, 0.05) is 31.6 Å². The summed E-state index contributed by atoms with van der Waals surface area (Å²) in [6.45, 7) is 1.09. The van der Waals surface area contributed by atoms with Crippen molar-refractivity contribution in [3.63, 3.8) is 0 Å². The molecule has 0 N–H and O–H groups in total. The minimum Gasteiger partial charge on any atom is -0.406 e. The van der Waals surface area contributed by atoms with E-state index < -0.39 is 22.1 Å². The lowest BCUT2D eigenvalue weighted by molar-refractivity contribution is -0.274. The monoisotopic (exact) mass is 472 g/mol. The zero-order valence-corrected chi connectivity index (χ0v) is 17.5. The van der Waals surface area contributed by atoms with Crippen molar-refractivity contribution < 1.29 is 26.3 Å². The first kappa shape index (κ1) is 21.6. The van der Waals surface area contributed by atoms with E-state index in [1.807, 2.05) is 29.2 Å². The molecule has 0 atom stereocenters. The second-order valence-corrected chi connectivity index (χ2v) is 9.02. The van der Waals surface area contributed by atoms with Gasteiger partial charge in [-0.3, -0.25) is 0 Å². The number of piperazine rings is 1. The van der Waals surface area contributed by atoms with E-state index in [1.165, 1.54) is 4.31 Å². The van der Waals surface area contributed by atoms with E-state index in [0.717, 1.165) is 29.7 Å². The largest absolute Gasteiger partial charge is 0.573 e. The summed E-state index contributed by atoms with van der Waals surface area (Å²) in [6, 6.07) is 11.5. The van der Waals surface area contributed by atoms with Gasteiger partial charge < -0.3 is 9.64 Å². The van der Waals surface area contributed by atoms with Crippen LogP contribution in [0.4, 0.5) is 19.0 Å². The third-order valence-electron chi connectivity index (χ3n) is 4.79. The van der Waals surface area contributed by atoms with Crippen LogP contribution in [0.5, 0.6) is 5.75 Å². The van der Waals surface area contributed by atoms with Gasteiger partial charge in [0.15, 0.2) is 0 Å². The fourth-order valence-electron chi connectivity index (χ4n) is 3.38. The molecular weight excluding hydrogens is 457 g/mol. The molecule has 3 aromatic rings. The Balaban J connectivity index is 1.50. The van der Waals surface area contributed by atoms with Gasteiger partial charge in [-0.1, -0.05) is 12.1 Å². The SMILES string of the molecule is O=S(=O)(c1ccc(OC(F)(F)F)cc1)N1CCN(c2nc(Cl)nc3ccccc23)CC1. The molecule has 4 rings (SSSR count). The van der Waals surface area contributed by atoms with Crippen LogP contribution < -0.4 is 9.64 Å². The number of alkyl halides is 3. The van der Waals surface area contributed by atoms with Crippen molar-refractivity contribution >= 4 is 38.3 Å². The van der Waals surface area contributed by atoms with Crippen LogP contribution in [0.3, 0.4) is 0 Å². The molecule has 12 heteroatoms. The molecule has 164 valence electrons. The van der Waals surface area contributed by atoms with E-state index in [1.54, 1.807) is 0 Å². The lowest BCUT2D eigenvalue weighted by atomic mass is 10.2. The minimum atomic E-state index is -4.84. The summed E-state index contributed by atoms with van der Waals surface area (Å²) >= 11 is 6.04. The Morgan fingerprint density at radius 2 is 1.58 bits per heavy atom. The number of sulfonamides is 1. The maximum absolute atomic E-state index is 12.9. The lowest BCUT2D eigenvalue weighted by Crippen LogP contribution is -2.49. The Morgan fingerprint density at radius 1 is 0.935 bits per heavy atom. The summed E-state index contributed by atoms with van der Waals surface area (Å²) in [5.41, 5.74) is 0.689. The zero-order valence-electron chi connectivity index (χ0n) is 15.9. The Bertz CT molecular complexity index is 1200. The van der Waals surface area contributed by atoms with Gasteiger partial charge in [0.05, 0.1) is 10.4 Å². The summed E-state index contributed by atoms with van der Waals surface area (Å²) < 4.78 is 67.7. The molecule has 31 heavy (non-hydrogen) atoms. The van der Waals surface area contributed by atoms with Crippen LogP contribution in [0.25, 0.3) is 10.9 Å². The Morgan fingerprint density at radius 3 is 2.23 bits per heavy atom. The highest BCUT2D eigenvalue weighted by molar-refractivity contribution is 7.89. The molecule has 0 radical (unpaired) electrons. The van der Waals surface area contributed by atoms with Crippen molar-refractivity contribution in [3.05, 3.63) is 53.8 Å². The molecule has 1 saturated heterocycles. The molecule has 0 unspecified atom stereocenters. The highest BCUT2D eigenvalue weighted by Gasteiger charge is 2.32. The van der Waals surface area contributed by atoms with E-state index in [-0.39, 0.29) is 23.3 Å². The zero-order chi connectivity index (χ0) is 22.2. The second-order valence-electron chi connectivity index (χ2n) is 6.74. The predicted octanol–water partition coefficient (Wildman–Crippen LogP) is 3.69. The third kappa shape index (κ3) is 4.68.